The van der Waals surface area contributed by atoms with Gasteiger partial charge < -0.3 is 10.1 Å². The third kappa shape index (κ3) is 4.80. The van der Waals surface area contributed by atoms with E-state index in [1.807, 2.05) is 19.9 Å². The molecule has 0 aliphatic carbocycles. The summed E-state index contributed by atoms with van der Waals surface area (Å²) < 4.78 is 31.5. The zero-order valence-electron chi connectivity index (χ0n) is 16.3. The first-order chi connectivity index (χ1) is 12.7. The molecular formula is C20H26N2O4S. The van der Waals surface area contributed by atoms with Crippen LogP contribution in [0.15, 0.2) is 42.5 Å². The summed E-state index contributed by atoms with van der Waals surface area (Å²) in [6.07, 6.45) is 1.43. The number of rotatable bonds is 7. The Hall–Kier alpha value is -2.54. The molecule has 0 aliphatic heterocycles. The molecule has 1 atom stereocenters. The fourth-order valence-corrected chi connectivity index (χ4v) is 4.09. The quantitative estimate of drug-likeness (QED) is 0.785. The van der Waals surface area contributed by atoms with E-state index in [1.165, 1.54) is 11.4 Å². The molecule has 0 aromatic heterocycles. The molecule has 146 valence electrons. The average Bonchev–Trinajstić information content (AvgIpc) is 2.61. The van der Waals surface area contributed by atoms with Crippen LogP contribution in [0.25, 0.3) is 0 Å². The van der Waals surface area contributed by atoms with Gasteiger partial charge in [0.1, 0.15) is 11.8 Å². The summed E-state index contributed by atoms with van der Waals surface area (Å²) in [6.45, 7) is 5.65. The fraction of sp³-hybridized carbons (Fsp3) is 0.350. The van der Waals surface area contributed by atoms with Gasteiger partial charge in [-0.1, -0.05) is 25.1 Å². The number of para-hydroxylation sites is 2. The van der Waals surface area contributed by atoms with E-state index in [1.54, 1.807) is 43.3 Å². The van der Waals surface area contributed by atoms with Crippen molar-refractivity contribution in [2.75, 3.05) is 23.0 Å². The second-order valence-corrected chi connectivity index (χ2v) is 8.30. The lowest BCUT2D eigenvalue weighted by molar-refractivity contribution is -0.117. The van der Waals surface area contributed by atoms with Gasteiger partial charge in [0.15, 0.2) is 0 Å². The largest absolute Gasteiger partial charge is 0.495 e. The van der Waals surface area contributed by atoms with Crippen LogP contribution >= 0.6 is 0 Å². The van der Waals surface area contributed by atoms with Gasteiger partial charge in [0.25, 0.3) is 0 Å². The minimum atomic E-state index is -3.67. The van der Waals surface area contributed by atoms with Crippen molar-refractivity contribution in [1.82, 2.24) is 0 Å². The van der Waals surface area contributed by atoms with Crippen molar-refractivity contribution < 1.29 is 17.9 Å². The molecule has 0 radical (unpaired) electrons. The molecule has 1 N–H and O–H groups in total. The predicted molar refractivity (Wildman–Crippen MR) is 109 cm³/mol. The highest BCUT2D eigenvalue weighted by Crippen LogP contribution is 2.27. The van der Waals surface area contributed by atoms with E-state index >= 15 is 0 Å². The topological polar surface area (TPSA) is 75.7 Å². The molecule has 0 saturated carbocycles. The molecule has 0 aliphatic rings. The van der Waals surface area contributed by atoms with E-state index in [4.69, 9.17) is 4.74 Å². The van der Waals surface area contributed by atoms with Gasteiger partial charge in [-0.15, -0.1) is 0 Å². The van der Waals surface area contributed by atoms with Crippen LogP contribution in [0.4, 0.5) is 11.4 Å². The van der Waals surface area contributed by atoms with Gasteiger partial charge in [0.05, 0.1) is 24.7 Å². The molecule has 27 heavy (non-hydrogen) atoms. The maximum absolute atomic E-state index is 13.0. The number of hydrogen-bond acceptors (Lipinski definition) is 4. The fourth-order valence-electron chi connectivity index (χ4n) is 2.89. The van der Waals surface area contributed by atoms with Crippen LogP contribution in [-0.2, 0) is 14.8 Å². The predicted octanol–water partition coefficient (Wildman–Crippen LogP) is 3.50. The number of nitrogens with one attached hydrogen (secondary N) is 1. The highest BCUT2D eigenvalue weighted by atomic mass is 32.2. The third-order valence-corrected chi connectivity index (χ3v) is 5.62. The molecular weight excluding hydrogens is 364 g/mol. The normalized spacial score (nSPS) is 12.3. The first-order valence-corrected chi connectivity index (χ1v) is 10.5. The van der Waals surface area contributed by atoms with E-state index in [-0.39, 0.29) is 0 Å². The molecule has 2 aromatic carbocycles. The molecule has 1 unspecified atom stereocenters. The molecule has 0 fully saturated rings. The molecule has 1 amide bonds. The number of aryl methyl sites for hydroxylation is 2. The molecule has 6 nitrogen and oxygen atoms in total. The summed E-state index contributed by atoms with van der Waals surface area (Å²) in [4.78, 5) is 13.0. The minimum Gasteiger partial charge on any atom is -0.495 e. The number of carbonyl (C=O) groups is 1. The number of carbonyl (C=O) groups excluding carboxylic acids is 1. The van der Waals surface area contributed by atoms with E-state index in [9.17, 15) is 13.2 Å². The maximum atomic E-state index is 13.0. The van der Waals surface area contributed by atoms with Crippen molar-refractivity contribution in [3.05, 3.63) is 53.6 Å². The molecule has 0 heterocycles. The van der Waals surface area contributed by atoms with Gasteiger partial charge >= 0.3 is 0 Å². The lowest BCUT2D eigenvalue weighted by Crippen LogP contribution is -2.47. The summed E-state index contributed by atoms with van der Waals surface area (Å²) in [7, 11) is -2.16. The summed E-state index contributed by atoms with van der Waals surface area (Å²) in [6, 6.07) is 11.5. The van der Waals surface area contributed by atoms with E-state index < -0.39 is 22.0 Å². The van der Waals surface area contributed by atoms with Crippen molar-refractivity contribution in [3.63, 3.8) is 0 Å². The Bertz CT molecular complexity index is 925. The Morgan fingerprint density at radius 2 is 1.81 bits per heavy atom. The molecule has 0 spiro atoms. The highest BCUT2D eigenvalue weighted by molar-refractivity contribution is 7.92. The van der Waals surface area contributed by atoms with Gasteiger partial charge in [-0.2, -0.15) is 0 Å². The molecule has 0 bridgehead atoms. The summed E-state index contributed by atoms with van der Waals surface area (Å²) in [5.41, 5.74) is 2.99. The van der Waals surface area contributed by atoms with Crippen molar-refractivity contribution in [1.29, 1.82) is 0 Å². The standard InChI is InChI=1S/C20H26N2O4S/c1-6-18(20(23)21-17-9-7-8-10-19(17)26-4)22(27(5,24)25)16-12-11-14(2)15(3)13-16/h7-13,18H,6H2,1-5H3,(H,21,23). The number of hydrogen-bond donors (Lipinski definition) is 1. The second-order valence-electron chi connectivity index (χ2n) is 6.44. The van der Waals surface area contributed by atoms with E-state index in [0.717, 1.165) is 17.4 Å². The average molecular weight is 391 g/mol. The number of nitrogens with zero attached hydrogens (tertiary/aromatic N) is 1. The summed E-state index contributed by atoms with van der Waals surface area (Å²) in [5.74, 6) is 0.100. The van der Waals surface area contributed by atoms with Crippen molar-refractivity contribution in [3.8, 4) is 5.75 Å². The van der Waals surface area contributed by atoms with Crippen LogP contribution in [0.1, 0.15) is 24.5 Å². The Kier molecular flexibility index (Phi) is 6.49. The van der Waals surface area contributed by atoms with E-state index in [0.29, 0.717) is 23.5 Å². The monoisotopic (exact) mass is 390 g/mol. The van der Waals surface area contributed by atoms with Crippen LogP contribution in [-0.4, -0.2) is 33.7 Å². The van der Waals surface area contributed by atoms with Crippen LogP contribution < -0.4 is 14.4 Å². The minimum absolute atomic E-state index is 0.320. The van der Waals surface area contributed by atoms with Gasteiger partial charge in [-0.3, -0.25) is 9.10 Å². The van der Waals surface area contributed by atoms with Gasteiger partial charge in [0, 0.05) is 0 Å². The first kappa shape index (κ1) is 20.8. The zero-order chi connectivity index (χ0) is 20.2. The van der Waals surface area contributed by atoms with E-state index in [2.05, 4.69) is 5.32 Å². The smallest absolute Gasteiger partial charge is 0.248 e. The second kappa shape index (κ2) is 8.43. The number of amides is 1. The van der Waals surface area contributed by atoms with Gasteiger partial charge in [-0.05, 0) is 55.7 Å². The van der Waals surface area contributed by atoms with Crippen LogP contribution in [0.2, 0.25) is 0 Å². The number of anilines is 2. The summed E-state index contributed by atoms with van der Waals surface area (Å²) >= 11 is 0. The number of sulfonamides is 1. The van der Waals surface area contributed by atoms with Crippen molar-refractivity contribution in [2.45, 2.75) is 33.2 Å². The number of ether oxygens (including phenoxy) is 1. The Morgan fingerprint density at radius 3 is 2.37 bits per heavy atom. The SMILES string of the molecule is CCC(C(=O)Nc1ccccc1OC)N(c1ccc(C)c(C)c1)S(C)(=O)=O. The zero-order valence-corrected chi connectivity index (χ0v) is 17.1. The number of benzene rings is 2. The lowest BCUT2D eigenvalue weighted by atomic mass is 10.1. The maximum Gasteiger partial charge on any atom is 0.248 e. The summed E-state index contributed by atoms with van der Waals surface area (Å²) in [5, 5.41) is 2.79. The first-order valence-electron chi connectivity index (χ1n) is 8.69. The Labute approximate surface area is 161 Å². The lowest BCUT2D eigenvalue weighted by Gasteiger charge is -2.30. The van der Waals surface area contributed by atoms with Crippen molar-refractivity contribution in [2.24, 2.45) is 0 Å². The highest BCUT2D eigenvalue weighted by Gasteiger charge is 2.32. The molecule has 7 heteroatoms. The number of methoxy groups -OCH3 is 1. The van der Waals surface area contributed by atoms with Crippen LogP contribution in [0.3, 0.4) is 0 Å². The third-order valence-electron chi connectivity index (χ3n) is 4.44. The Morgan fingerprint density at radius 1 is 1.15 bits per heavy atom. The van der Waals surface area contributed by atoms with Crippen LogP contribution in [0, 0.1) is 13.8 Å². The van der Waals surface area contributed by atoms with Gasteiger partial charge in [-0.25, -0.2) is 8.42 Å². The molecule has 2 rings (SSSR count). The van der Waals surface area contributed by atoms with Crippen molar-refractivity contribution >= 4 is 27.3 Å². The Balaban J connectivity index is 2.43. The van der Waals surface area contributed by atoms with Crippen LogP contribution in [0.5, 0.6) is 5.75 Å². The van der Waals surface area contributed by atoms with Gasteiger partial charge in [0.2, 0.25) is 15.9 Å². The molecule has 2 aromatic rings. The molecule has 0 saturated heterocycles.